The Labute approximate surface area is 111 Å². The predicted octanol–water partition coefficient (Wildman–Crippen LogP) is 2.88. The summed E-state index contributed by atoms with van der Waals surface area (Å²) in [5.41, 5.74) is 2.41. The molecule has 0 radical (unpaired) electrons. The van der Waals surface area contributed by atoms with Gasteiger partial charge in [-0.05, 0) is 55.5 Å². The van der Waals surface area contributed by atoms with E-state index < -0.39 is 6.23 Å². The topological polar surface area (TPSA) is 40.5 Å². The van der Waals surface area contributed by atoms with Crippen LogP contribution in [0.3, 0.4) is 0 Å². The standard InChI is InChI=1S/C14H14ClNO2/c15-9-5-7-10(8-6-9)16-13(17)11-3-1-2-4-12(11)14(16)18/h5-8,13,17H,1-4H2. The van der Waals surface area contributed by atoms with Gasteiger partial charge in [0.05, 0.1) is 0 Å². The van der Waals surface area contributed by atoms with E-state index in [0.29, 0.717) is 10.7 Å². The van der Waals surface area contributed by atoms with Crippen LogP contribution in [-0.2, 0) is 4.79 Å². The zero-order valence-corrected chi connectivity index (χ0v) is 10.7. The van der Waals surface area contributed by atoms with Gasteiger partial charge in [0.15, 0.2) is 6.23 Å². The van der Waals surface area contributed by atoms with Crippen molar-refractivity contribution in [2.24, 2.45) is 0 Å². The van der Waals surface area contributed by atoms with Crippen LogP contribution in [-0.4, -0.2) is 17.2 Å². The number of aliphatic hydroxyl groups is 1. The Bertz CT molecular complexity index is 521. The van der Waals surface area contributed by atoms with Gasteiger partial charge in [0, 0.05) is 16.3 Å². The van der Waals surface area contributed by atoms with Crippen molar-refractivity contribution in [2.75, 3.05) is 4.90 Å². The number of anilines is 1. The molecule has 3 rings (SSSR count). The maximum absolute atomic E-state index is 12.3. The molecule has 1 aromatic carbocycles. The van der Waals surface area contributed by atoms with E-state index in [2.05, 4.69) is 0 Å². The summed E-state index contributed by atoms with van der Waals surface area (Å²) in [4.78, 5) is 13.8. The van der Waals surface area contributed by atoms with Gasteiger partial charge in [0.25, 0.3) is 5.91 Å². The molecule has 0 spiro atoms. The first kappa shape index (κ1) is 11.8. The third kappa shape index (κ3) is 1.74. The highest BCUT2D eigenvalue weighted by molar-refractivity contribution is 6.30. The summed E-state index contributed by atoms with van der Waals surface area (Å²) in [6.45, 7) is 0. The number of rotatable bonds is 1. The lowest BCUT2D eigenvalue weighted by Gasteiger charge is -2.22. The average molecular weight is 264 g/mol. The number of hydrogen-bond acceptors (Lipinski definition) is 2. The molecule has 0 saturated heterocycles. The van der Waals surface area contributed by atoms with E-state index in [4.69, 9.17) is 11.6 Å². The van der Waals surface area contributed by atoms with Gasteiger partial charge in [-0.1, -0.05) is 11.6 Å². The van der Waals surface area contributed by atoms with Crippen LogP contribution in [0.15, 0.2) is 35.4 Å². The second-order valence-corrected chi connectivity index (χ2v) is 5.17. The minimum absolute atomic E-state index is 0.0560. The fourth-order valence-electron chi connectivity index (χ4n) is 2.73. The molecule has 94 valence electrons. The van der Waals surface area contributed by atoms with Crippen molar-refractivity contribution in [1.82, 2.24) is 0 Å². The van der Waals surface area contributed by atoms with Gasteiger partial charge in [-0.15, -0.1) is 0 Å². The number of halogens is 1. The van der Waals surface area contributed by atoms with E-state index in [-0.39, 0.29) is 5.91 Å². The molecule has 1 aliphatic carbocycles. The zero-order valence-electron chi connectivity index (χ0n) is 9.90. The van der Waals surface area contributed by atoms with E-state index >= 15 is 0 Å². The summed E-state index contributed by atoms with van der Waals surface area (Å²) in [5.74, 6) is -0.0560. The second kappa shape index (κ2) is 4.41. The Morgan fingerprint density at radius 1 is 1.17 bits per heavy atom. The summed E-state index contributed by atoms with van der Waals surface area (Å²) >= 11 is 5.84. The second-order valence-electron chi connectivity index (χ2n) is 4.74. The Kier molecular flexibility index (Phi) is 2.88. The van der Waals surface area contributed by atoms with Crippen LogP contribution in [0.25, 0.3) is 0 Å². The van der Waals surface area contributed by atoms with Gasteiger partial charge in [0.2, 0.25) is 0 Å². The average Bonchev–Trinajstić information content (AvgIpc) is 2.64. The number of amides is 1. The molecule has 0 aromatic heterocycles. The molecule has 3 nitrogen and oxygen atoms in total. The number of aliphatic hydroxyl groups excluding tert-OH is 1. The first-order chi connectivity index (χ1) is 8.68. The van der Waals surface area contributed by atoms with E-state index in [1.165, 1.54) is 4.90 Å². The summed E-state index contributed by atoms with van der Waals surface area (Å²) in [5, 5.41) is 10.9. The van der Waals surface area contributed by atoms with Gasteiger partial charge < -0.3 is 5.11 Å². The first-order valence-corrected chi connectivity index (χ1v) is 6.55. The summed E-state index contributed by atoms with van der Waals surface area (Å²) < 4.78 is 0. The van der Waals surface area contributed by atoms with Gasteiger partial charge >= 0.3 is 0 Å². The number of benzene rings is 1. The van der Waals surface area contributed by atoms with Crippen molar-refractivity contribution in [3.8, 4) is 0 Å². The summed E-state index contributed by atoms with van der Waals surface area (Å²) in [6, 6.07) is 6.99. The van der Waals surface area contributed by atoms with E-state index in [0.717, 1.165) is 36.8 Å². The highest BCUT2D eigenvalue weighted by Crippen LogP contribution is 2.38. The Morgan fingerprint density at radius 2 is 1.83 bits per heavy atom. The Morgan fingerprint density at radius 3 is 2.50 bits per heavy atom. The Balaban J connectivity index is 1.96. The molecule has 18 heavy (non-hydrogen) atoms. The monoisotopic (exact) mass is 263 g/mol. The lowest BCUT2D eigenvalue weighted by atomic mass is 9.93. The molecule has 1 amide bonds. The van der Waals surface area contributed by atoms with Gasteiger partial charge in [-0.2, -0.15) is 0 Å². The van der Waals surface area contributed by atoms with Crippen LogP contribution in [0, 0.1) is 0 Å². The normalized spacial score (nSPS) is 23.6. The maximum atomic E-state index is 12.3. The molecule has 0 bridgehead atoms. The van der Waals surface area contributed by atoms with Crippen molar-refractivity contribution < 1.29 is 9.90 Å². The van der Waals surface area contributed by atoms with E-state index in [1.807, 2.05) is 0 Å². The zero-order chi connectivity index (χ0) is 12.7. The summed E-state index contributed by atoms with van der Waals surface area (Å²) in [7, 11) is 0. The first-order valence-electron chi connectivity index (χ1n) is 6.17. The molecule has 0 saturated carbocycles. The molecule has 1 aliphatic heterocycles. The molecular formula is C14H14ClNO2. The number of carbonyl (C=O) groups is 1. The molecule has 0 fully saturated rings. The largest absolute Gasteiger partial charge is 0.369 e. The predicted molar refractivity (Wildman–Crippen MR) is 70.4 cm³/mol. The molecule has 1 heterocycles. The lowest BCUT2D eigenvalue weighted by molar-refractivity contribution is -0.115. The molecule has 1 N–H and O–H groups in total. The third-order valence-corrected chi connectivity index (χ3v) is 3.90. The number of nitrogens with zero attached hydrogens (tertiary/aromatic N) is 1. The molecule has 2 aliphatic rings. The van der Waals surface area contributed by atoms with Crippen molar-refractivity contribution in [2.45, 2.75) is 31.9 Å². The highest BCUT2D eigenvalue weighted by atomic mass is 35.5. The fraction of sp³-hybridized carbons (Fsp3) is 0.357. The minimum Gasteiger partial charge on any atom is -0.369 e. The quantitative estimate of drug-likeness (QED) is 0.846. The number of carbonyl (C=O) groups excluding carboxylic acids is 1. The van der Waals surface area contributed by atoms with Gasteiger partial charge in [-0.3, -0.25) is 9.69 Å². The van der Waals surface area contributed by atoms with Crippen LogP contribution in [0.2, 0.25) is 5.02 Å². The molecule has 1 unspecified atom stereocenters. The summed E-state index contributed by atoms with van der Waals surface area (Å²) in [6.07, 6.45) is 2.90. The van der Waals surface area contributed by atoms with Crippen molar-refractivity contribution in [1.29, 1.82) is 0 Å². The molecule has 1 atom stereocenters. The van der Waals surface area contributed by atoms with Crippen LogP contribution in [0.4, 0.5) is 5.69 Å². The molecular weight excluding hydrogens is 250 g/mol. The van der Waals surface area contributed by atoms with Crippen LogP contribution in [0.1, 0.15) is 25.7 Å². The van der Waals surface area contributed by atoms with Crippen LogP contribution >= 0.6 is 11.6 Å². The van der Waals surface area contributed by atoms with Crippen molar-refractivity contribution in [3.05, 3.63) is 40.4 Å². The van der Waals surface area contributed by atoms with Crippen molar-refractivity contribution >= 4 is 23.2 Å². The Hall–Kier alpha value is -1.32. The molecule has 1 aromatic rings. The lowest BCUT2D eigenvalue weighted by Crippen LogP contribution is -2.35. The fourth-order valence-corrected chi connectivity index (χ4v) is 2.86. The maximum Gasteiger partial charge on any atom is 0.256 e. The van der Waals surface area contributed by atoms with E-state index in [1.54, 1.807) is 24.3 Å². The molecule has 4 heteroatoms. The van der Waals surface area contributed by atoms with E-state index in [9.17, 15) is 9.90 Å². The third-order valence-electron chi connectivity index (χ3n) is 3.65. The van der Waals surface area contributed by atoms with Crippen LogP contribution in [0.5, 0.6) is 0 Å². The van der Waals surface area contributed by atoms with Gasteiger partial charge in [-0.25, -0.2) is 0 Å². The highest BCUT2D eigenvalue weighted by Gasteiger charge is 2.39. The SMILES string of the molecule is O=C1C2=C(CCCC2)C(O)N1c1ccc(Cl)cc1. The van der Waals surface area contributed by atoms with Crippen molar-refractivity contribution in [3.63, 3.8) is 0 Å². The smallest absolute Gasteiger partial charge is 0.256 e. The minimum atomic E-state index is -0.797. The van der Waals surface area contributed by atoms with Gasteiger partial charge in [0.1, 0.15) is 0 Å². The van der Waals surface area contributed by atoms with Crippen LogP contribution < -0.4 is 4.90 Å². The number of hydrogen-bond donors (Lipinski definition) is 1.